The number of imidazole rings is 1. The number of aromatic nitrogens is 6. The van der Waals surface area contributed by atoms with Crippen molar-refractivity contribution >= 4 is 46.0 Å². The summed E-state index contributed by atoms with van der Waals surface area (Å²) in [6.07, 6.45) is 0. The van der Waals surface area contributed by atoms with Gasteiger partial charge in [0.15, 0.2) is 0 Å². The van der Waals surface area contributed by atoms with Gasteiger partial charge in [-0.3, -0.25) is 0 Å². The fourth-order valence-electron chi connectivity index (χ4n) is 3.92. The monoisotopic (exact) mass is 474 g/mol. The first-order valence-electron chi connectivity index (χ1n) is 10.5. The van der Waals surface area contributed by atoms with Crippen molar-refractivity contribution in [3.8, 4) is 5.75 Å². The van der Waals surface area contributed by atoms with Crippen LogP contribution in [0.25, 0.3) is 22.6 Å². The van der Waals surface area contributed by atoms with E-state index in [1.807, 2.05) is 47.0 Å². The predicted octanol–water partition coefficient (Wildman–Crippen LogP) is 5.20. The maximum atomic E-state index is 5.92. The molecule has 0 atom stereocenters. The molecule has 0 unspecified atom stereocenters. The molecule has 3 aromatic carbocycles. The Labute approximate surface area is 198 Å². The average Bonchev–Trinajstić information content (AvgIpc) is 3.49. The maximum absolute atomic E-state index is 5.92. The average molecular weight is 475 g/mol. The van der Waals surface area contributed by atoms with Crippen molar-refractivity contribution in [2.24, 2.45) is 0 Å². The molecule has 3 aromatic heterocycles. The standard InChI is InChI=1S/C24H19ClN6OS/c25-18-10-12-19(13-11-18)32-14-15-33-24-27-26-22-30-21-9-5-4-8-20(21)29(23(30)28-31(22)24)16-17-6-2-1-3-7-17/h1-13H,14-16H2. The third kappa shape index (κ3) is 3.71. The summed E-state index contributed by atoms with van der Waals surface area (Å²) in [6, 6.07) is 26.0. The molecule has 0 aliphatic heterocycles. The quantitative estimate of drug-likeness (QED) is 0.235. The number of halogens is 1. The Hall–Kier alpha value is -3.49. The van der Waals surface area contributed by atoms with Crippen LogP contribution in [0.2, 0.25) is 5.02 Å². The van der Waals surface area contributed by atoms with Crippen molar-refractivity contribution in [3.63, 3.8) is 0 Å². The van der Waals surface area contributed by atoms with Gasteiger partial charge in [0, 0.05) is 10.8 Å². The zero-order chi connectivity index (χ0) is 22.2. The Bertz CT molecular complexity index is 1550. The van der Waals surface area contributed by atoms with Gasteiger partial charge in [0.25, 0.3) is 5.78 Å². The molecule has 0 amide bonds. The molecule has 0 aliphatic rings. The fourth-order valence-corrected chi connectivity index (χ4v) is 4.74. The molecular formula is C24H19ClN6OS. The lowest BCUT2D eigenvalue weighted by Crippen LogP contribution is -2.02. The number of nitrogens with zero attached hydrogens (tertiary/aromatic N) is 6. The van der Waals surface area contributed by atoms with Gasteiger partial charge in [0.05, 0.1) is 24.2 Å². The molecule has 0 spiro atoms. The van der Waals surface area contributed by atoms with E-state index in [9.17, 15) is 0 Å². The Morgan fingerprint density at radius 3 is 2.39 bits per heavy atom. The molecule has 0 fully saturated rings. The molecule has 164 valence electrons. The third-order valence-electron chi connectivity index (χ3n) is 5.42. The van der Waals surface area contributed by atoms with Crippen LogP contribution in [-0.4, -0.2) is 41.1 Å². The van der Waals surface area contributed by atoms with Crippen LogP contribution in [0.1, 0.15) is 5.56 Å². The summed E-state index contributed by atoms with van der Waals surface area (Å²) >= 11 is 7.49. The van der Waals surface area contributed by atoms with Gasteiger partial charge >= 0.3 is 0 Å². The van der Waals surface area contributed by atoms with Gasteiger partial charge < -0.3 is 9.30 Å². The van der Waals surface area contributed by atoms with E-state index in [1.165, 1.54) is 5.56 Å². The van der Waals surface area contributed by atoms with Crippen molar-refractivity contribution in [2.75, 3.05) is 12.4 Å². The molecule has 6 rings (SSSR count). The summed E-state index contributed by atoms with van der Waals surface area (Å²) in [6.45, 7) is 1.26. The molecule has 0 N–H and O–H groups in total. The minimum Gasteiger partial charge on any atom is -0.493 e. The molecular weight excluding hydrogens is 456 g/mol. The molecule has 0 bridgehead atoms. The SMILES string of the molecule is Clc1ccc(OCCSc2nnc3n2nc2n(Cc4ccccc4)c4ccccc4n23)cc1. The minimum absolute atomic E-state index is 0.539. The van der Waals surface area contributed by atoms with Gasteiger partial charge in [-0.15, -0.1) is 15.3 Å². The molecule has 0 saturated carbocycles. The molecule has 0 aliphatic carbocycles. The lowest BCUT2D eigenvalue weighted by Gasteiger charge is -2.05. The zero-order valence-electron chi connectivity index (χ0n) is 17.5. The number of ether oxygens (including phenoxy) is 1. The van der Waals surface area contributed by atoms with E-state index in [0.717, 1.165) is 40.0 Å². The molecule has 3 heterocycles. The van der Waals surface area contributed by atoms with Crippen LogP contribution in [0.4, 0.5) is 0 Å². The number of thioether (sulfide) groups is 1. The zero-order valence-corrected chi connectivity index (χ0v) is 19.1. The van der Waals surface area contributed by atoms with E-state index in [1.54, 1.807) is 11.8 Å². The van der Waals surface area contributed by atoms with Gasteiger partial charge in [0.2, 0.25) is 10.9 Å². The first kappa shape index (κ1) is 20.1. The fraction of sp³-hybridized carbons (Fsp3) is 0.125. The van der Waals surface area contributed by atoms with E-state index in [0.29, 0.717) is 17.4 Å². The van der Waals surface area contributed by atoms with Crippen LogP contribution in [0.15, 0.2) is 84.0 Å². The van der Waals surface area contributed by atoms with Gasteiger partial charge in [-0.1, -0.05) is 65.8 Å². The number of fused-ring (bicyclic) bond motifs is 5. The lowest BCUT2D eigenvalue weighted by atomic mass is 10.2. The summed E-state index contributed by atoms with van der Waals surface area (Å²) in [5.41, 5.74) is 3.38. The van der Waals surface area contributed by atoms with Gasteiger partial charge in [-0.05, 0) is 42.0 Å². The molecule has 0 radical (unpaired) electrons. The van der Waals surface area contributed by atoms with Crippen molar-refractivity contribution in [1.82, 2.24) is 28.8 Å². The topological polar surface area (TPSA) is 61.7 Å². The van der Waals surface area contributed by atoms with Crippen LogP contribution in [0, 0.1) is 0 Å². The van der Waals surface area contributed by atoms with Crippen molar-refractivity contribution < 1.29 is 4.74 Å². The highest BCUT2D eigenvalue weighted by molar-refractivity contribution is 7.99. The Balaban J connectivity index is 1.30. The summed E-state index contributed by atoms with van der Waals surface area (Å²) in [5.74, 6) is 3.05. The van der Waals surface area contributed by atoms with Gasteiger partial charge in [-0.2, -0.15) is 4.52 Å². The highest BCUT2D eigenvalue weighted by atomic mass is 35.5. The predicted molar refractivity (Wildman–Crippen MR) is 130 cm³/mol. The Kier molecular flexibility index (Phi) is 5.16. The third-order valence-corrected chi connectivity index (χ3v) is 6.56. The van der Waals surface area contributed by atoms with E-state index >= 15 is 0 Å². The highest BCUT2D eigenvalue weighted by Gasteiger charge is 2.20. The van der Waals surface area contributed by atoms with Gasteiger partial charge in [0.1, 0.15) is 5.75 Å². The van der Waals surface area contributed by atoms with Crippen LogP contribution < -0.4 is 4.74 Å². The molecule has 33 heavy (non-hydrogen) atoms. The van der Waals surface area contributed by atoms with Crippen LogP contribution in [0.3, 0.4) is 0 Å². The first-order valence-corrected chi connectivity index (χ1v) is 11.9. The van der Waals surface area contributed by atoms with Crippen molar-refractivity contribution in [3.05, 3.63) is 89.4 Å². The summed E-state index contributed by atoms with van der Waals surface area (Å²) < 4.78 is 11.9. The Morgan fingerprint density at radius 1 is 0.818 bits per heavy atom. The summed E-state index contributed by atoms with van der Waals surface area (Å²) in [4.78, 5) is 0. The van der Waals surface area contributed by atoms with Crippen molar-refractivity contribution in [1.29, 1.82) is 0 Å². The molecule has 7 nitrogen and oxygen atoms in total. The van der Waals surface area contributed by atoms with Crippen LogP contribution >= 0.6 is 23.4 Å². The number of benzene rings is 3. The Morgan fingerprint density at radius 2 is 1.58 bits per heavy atom. The van der Waals surface area contributed by atoms with Gasteiger partial charge in [-0.25, -0.2) is 4.40 Å². The van der Waals surface area contributed by atoms with E-state index in [2.05, 4.69) is 55.6 Å². The highest BCUT2D eigenvalue weighted by Crippen LogP contribution is 2.26. The van der Waals surface area contributed by atoms with E-state index in [-0.39, 0.29) is 0 Å². The second kappa shape index (κ2) is 8.46. The maximum Gasteiger partial charge on any atom is 0.260 e. The van der Waals surface area contributed by atoms with E-state index < -0.39 is 0 Å². The summed E-state index contributed by atoms with van der Waals surface area (Å²) in [5, 5.41) is 15.1. The second-order valence-corrected chi connectivity index (χ2v) is 9.04. The molecule has 9 heteroatoms. The lowest BCUT2D eigenvalue weighted by molar-refractivity contribution is 0.344. The largest absolute Gasteiger partial charge is 0.493 e. The number of hydrogen-bond acceptors (Lipinski definition) is 5. The molecule has 0 saturated heterocycles. The molecule has 6 aromatic rings. The smallest absolute Gasteiger partial charge is 0.260 e. The van der Waals surface area contributed by atoms with Crippen LogP contribution in [0.5, 0.6) is 5.75 Å². The number of hydrogen-bond donors (Lipinski definition) is 0. The number of para-hydroxylation sites is 2. The second-order valence-electron chi connectivity index (χ2n) is 7.54. The van der Waals surface area contributed by atoms with Crippen molar-refractivity contribution in [2.45, 2.75) is 11.7 Å². The van der Waals surface area contributed by atoms with Crippen LogP contribution in [-0.2, 0) is 6.54 Å². The normalized spacial score (nSPS) is 11.7. The van der Waals surface area contributed by atoms with E-state index in [4.69, 9.17) is 21.4 Å². The number of rotatable bonds is 7. The summed E-state index contributed by atoms with van der Waals surface area (Å²) in [7, 11) is 0. The first-order chi connectivity index (χ1) is 16.3. The minimum atomic E-state index is 0.539.